The van der Waals surface area contributed by atoms with Gasteiger partial charge < -0.3 is 15.2 Å². The van der Waals surface area contributed by atoms with E-state index in [0.29, 0.717) is 11.2 Å². The average Bonchev–Trinajstić information content (AvgIpc) is 3.30. The molecule has 3 heterocycles. The van der Waals surface area contributed by atoms with Crippen LogP contribution in [0.15, 0.2) is 42.9 Å². The number of nitrogens with one attached hydrogen (secondary N) is 2. The van der Waals surface area contributed by atoms with E-state index < -0.39 is 6.43 Å². The lowest BCUT2D eigenvalue weighted by atomic mass is 9.91. The number of nitrogens with zero attached hydrogens (tertiary/aromatic N) is 3. The third-order valence-electron chi connectivity index (χ3n) is 5.24. The van der Waals surface area contributed by atoms with E-state index in [4.69, 9.17) is 0 Å². The first kappa shape index (κ1) is 18.5. The zero-order valence-corrected chi connectivity index (χ0v) is 15.6. The Morgan fingerprint density at radius 2 is 1.89 bits per heavy atom. The van der Waals surface area contributed by atoms with Crippen LogP contribution in [-0.2, 0) is 7.05 Å². The highest BCUT2D eigenvalue weighted by molar-refractivity contribution is 5.94. The molecule has 2 N–H and O–H groups in total. The molecule has 1 aliphatic rings. The summed E-state index contributed by atoms with van der Waals surface area (Å²) in [6, 6.07) is 7.58. The number of anilines is 1. The summed E-state index contributed by atoms with van der Waals surface area (Å²) in [7, 11) is 1.89. The molecule has 1 amide bonds. The first-order chi connectivity index (χ1) is 13.5. The van der Waals surface area contributed by atoms with Crippen molar-refractivity contribution in [2.45, 2.75) is 44.2 Å². The highest BCUT2D eigenvalue weighted by atomic mass is 19.3. The molecular weight excluding hydrogens is 364 g/mol. The topological polar surface area (TPSA) is 63.4 Å². The summed E-state index contributed by atoms with van der Waals surface area (Å²) in [5.74, 6) is 0.716. The third-order valence-corrected chi connectivity index (χ3v) is 5.24. The normalized spacial score (nSPS) is 19.9. The number of hydrogen-bond donors (Lipinski definition) is 2. The first-order valence-corrected chi connectivity index (χ1v) is 9.45. The van der Waals surface area contributed by atoms with Gasteiger partial charge in [-0.15, -0.1) is 0 Å². The summed E-state index contributed by atoms with van der Waals surface area (Å²) >= 11 is 0. The Hall–Kier alpha value is -2.90. The molecule has 0 unspecified atom stereocenters. The van der Waals surface area contributed by atoms with Crippen molar-refractivity contribution in [3.8, 4) is 0 Å². The zero-order valence-electron chi connectivity index (χ0n) is 15.6. The van der Waals surface area contributed by atoms with Crippen molar-refractivity contribution in [1.82, 2.24) is 19.3 Å². The summed E-state index contributed by atoms with van der Waals surface area (Å²) < 4.78 is 29.4. The number of alkyl halides is 2. The van der Waals surface area contributed by atoms with Crippen LogP contribution in [0.5, 0.6) is 0 Å². The molecule has 3 aromatic rings. The maximum absolute atomic E-state index is 12.9. The van der Waals surface area contributed by atoms with Crippen molar-refractivity contribution in [3.05, 3.63) is 54.1 Å². The number of aryl methyl sites for hydroxylation is 1. The van der Waals surface area contributed by atoms with Gasteiger partial charge in [-0.05, 0) is 43.9 Å². The fourth-order valence-electron chi connectivity index (χ4n) is 3.75. The van der Waals surface area contributed by atoms with Gasteiger partial charge in [0, 0.05) is 37.7 Å². The Labute approximate surface area is 161 Å². The smallest absolute Gasteiger partial charge is 0.281 e. The largest absolute Gasteiger partial charge is 0.368 e. The number of pyridine rings is 1. The van der Waals surface area contributed by atoms with E-state index in [1.54, 1.807) is 10.5 Å². The lowest BCUT2D eigenvalue weighted by molar-refractivity contribution is 0.0926. The number of carbonyl (C=O) groups excluding carboxylic acids is 1. The number of amides is 1. The molecule has 3 aromatic heterocycles. The highest BCUT2D eigenvalue weighted by Gasteiger charge is 2.23. The van der Waals surface area contributed by atoms with E-state index in [2.05, 4.69) is 15.6 Å². The highest BCUT2D eigenvalue weighted by Crippen LogP contribution is 2.25. The van der Waals surface area contributed by atoms with Gasteiger partial charge in [0.25, 0.3) is 12.3 Å². The first-order valence-electron chi connectivity index (χ1n) is 9.45. The Kier molecular flexibility index (Phi) is 5.02. The summed E-state index contributed by atoms with van der Waals surface area (Å²) in [4.78, 5) is 16.3. The zero-order chi connectivity index (χ0) is 19.7. The Bertz CT molecular complexity index is 972. The summed E-state index contributed by atoms with van der Waals surface area (Å²) in [5.41, 5.74) is 0.954. The Balaban J connectivity index is 1.36. The number of carbonyl (C=O) groups is 1. The maximum Gasteiger partial charge on any atom is 0.281 e. The second-order valence-corrected chi connectivity index (χ2v) is 7.34. The standard InChI is InChI=1S/C20H23F2N5O/c1-26-10-9-13(11-26)20(28)24-15-7-5-14(6-8-15)23-17-3-2-4-18-25-16(19(21)22)12-27(17)18/h2-4,9-12,14-15,19,23H,5-8H2,1H3,(H,24,28)/t14-,15+. The molecule has 1 aliphatic carbocycles. The number of aromatic nitrogens is 3. The minimum Gasteiger partial charge on any atom is -0.368 e. The van der Waals surface area contributed by atoms with Gasteiger partial charge in [0.1, 0.15) is 17.2 Å². The summed E-state index contributed by atoms with van der Waals surface area (Å²) in [5, 5.41) is 6.55. The molecule has 1 fully saturated rings. The molecular formula is C20H23F2N5O. The lowest BCUT2D eigenvalue weighted by Crippen LogP contribution is -2.40. The molecule has 8 heteroatoms. The Morgan fingerprint density at radius 3 is 2.57 bits per heavy atom. The van der Waals surface area contributed by atoms with Crippen LogP contribution >= 0.6 is 0 Å². The van der Waals surface area contributed by atoms with Gasteiger partial charge in [0.2, 0.25) is 0 Å². The van der Waals surface area contributed by atoms with Gasteiger partial charge in [-0.3, -0.25) is 9.20 Å². The fraction of sp³-hybridized carbons (Fsp3) is 0.400. The predicted molar refractivity (Wildman–Crippen MR) is 103 cm³/mol. The van der Waals surface area contributed by atoms with Crippen LogP contribution in [0, 0.1) is 0 Å². The Morgan fingerprint density at radius 1 is 1.14 bits per heavy atom. The van der Waals surface area contributed by atoms with E-state index >= 15 is 0 Å². The van der Waals surface area contributed by atoms with Crippen LogP contribution in [0.4, 0.5) is 14.6 Å². The molecule has 0 radical (unpaired) electrons. The summed E-state index contributed by atoms with van der Waals surface area (Å²) in [6.45, 7) is 0. The van der Waals surface area contributed by atoms with Crippen LogP contribution < -0.4 is 10.6 Å². The molecule has 1 saturated carbocycles. The number of fused-ring (bicyclic) bond motifs is 1. The minimum absolute atomic E-state index is 0.0419. The van der Waals surface area contributed by atoms with Crippen molar-refractivity contribution in [2.24, 2.45) is 7.05 Å². The number of rotatable bonds is 5. The van der Waals surface area contributed by atoms with Crippen molar-refractivity contribution in [2.75, 3.05) is 5.32 Å². The second-order valence-electron chi connectivity index (χ2n) is 7.34. The van der Waals surface area contributed by atoms with Crippen LogP contribution in [0.2, 0.25) is 0 Å². The molecule has 0 atom stereocenters. The molecule has 148 valence electrons. The monoisotopic (exact) mass is 387 g/mol. The van der Waals surface area contributed by atoms with E-state index in [1.165, 1.54) is 6.20 Å². The molecule has 0 spiro atoms. The van der Waals surface area contributed by atoms with Crippen molar-refractivity contribution in [1.29, 1.82) is 0 Å². The van der Waals surface area contributed by atoms with Gasteiger partial charge in [0.05, 0.1) is 5.56 Å². The SMILES string of the molecule is Cn1ccc(C(=O)N[C@H]2CC[C@@H](Nc3cccc4nc(C(F)F)cn34)CC2)c1. The minimum atomic E-state index is -2.59. The predicted octanol–water partition coefficient (Wildman–Crippen LogP) is 3.76. The van der Waals surface area contributed by atoms with Gasteiger partial charge >= 0.3 is 0 Å². The number of hydrogen-bond acceptors (Lipinski definition) is 3. The quantitative estimate of drug-likeness (QED) is 0.701. The molecule has 0 bridgehead atoms. The van der Waals surface area contributed by atoms with E-state index in [9.17, 15) is 13.6 Å². The van der Waals surface area contributed by atoms with Crippen LogP contribution in [-0.4, -0.2) is 31.9 Å². The van der Waals surface area contributed by atoms with E-state index in [-0.39, 0.29) is 23.7 Å². The van der Waals surface area contributed by atoms with Crippen molar-refractivity contribution in [3.63, 3.8) is 0 Å². The van der Waals surface area contributed by atoms with Gasteiger partial charge in [-0.2, -0.15) is 0 Å². The molecule has 28 heavy (non-hydrogen) atoms. The van der Waals surface area contributed by atoms with E-state index in [1.807, 2.05) is 42.2 Å². The molecule has 6 nitrogen and oxygen atoms in total. The lowest BCUT2D eigenvalue weighted by Gasteiger charge is -2.30. The van der Waals surface area contributed by atoms with Crippen LogP contribution in [0.25, 0.3) is 5.65 Å². The average molecular weight is 387 g/mol. The molecule has 0 aromatic carbocycles. The van der Waals surface area contributed by atoms with Gasteiger partial charge in [0.15, 0.2) is 0 Å². The van der Waals surface area contributed by atoms with Crippen molar-refractivity contribution < 1.29 is 13.6 Å². The third kappa shape index (κ3) is 3.85. The maximum atomic E-state index is 12.9. The fourth-order valence-corrected chi connectivity index (χ4v) is 3.75. The number of imidazole rings is 1. The van der Waals surface area contributed by atoms with Crippen LogP contribution in [0.3, 0.4) is 0 Å². The van der Waals surface area contributed by atoms with Gasteiger partial charge in [-0.25, -0.2) is 13.8 Å². The summed E-state index contributed by atoms with van der Waals surface area (Å²) in [6.07, 6.45) is 5.99. The van der Waals surface area contributed by atoms with Crippen LogP contribution in [0.1, 0.15) is 48.2 Å². The molecule has 0 aliphatic heterocycles. The molecule has 4 rings (SSSR count). The number of halogens is 2. The molecule has 0 saturated heterocycles. The van der Waals surface area contributed by atoms with Crippen molar-refractivity contribution >= 4 is 17.4 Å². The second kappa shape index (κ2) is 7.61. The van der Waals surface area contributed by atoms with Gasteiger partial charge in [-0.1, -0.05) is 6.07 Å². The van der Waals surface area contributed by atoms with E-state index in [0.717, 1.165) is 31.5 Å².